The highest BCUT2D eigenvalue weighted by Crippen LogP contribution is 2.23. The molecular formula is C16H33N2+. The maximum absolute atomic E-state index is 3.70. The lowest BCUT2D eigenvalue weighted by Crippen LogP contribution is -2.52. The first-order valence-electron chi connectivity index (χ1n) is 8.43. The van der Waals surface area contributed by atoms with Crippen molar-refractivity contribution >= 4 is 0 Å². The molecule has 18 heavy (non-hydrogen) atoms. The monoisotopic (exact) mass is 253 g/mol. The Morgan fingerprint density at radius 3 is 2.44 bits per heavy atom. The molecular weight excluding hydrogens is 220 g/mol. The average Bonchev–Trinajstić information content (AvgIpc) is 3.02. The van der Waals surface area contributed by atoms with Gasteiger partial charge in [0.1, 0.15) is 0 Å². The molecule has 0 amide bonds. The predicted molar refractivity (Wildman–Crippen MR) is 78.7 cm³/mol. The Kier molecular flexibility index (Phi) is 5.97. The third-order valence-corrected chi connectivity index (χ3v) is 5.02. The minimum Gasteiger partial charge on any atom is -0.322 e. The first kappa shape index (κ1) is 14.3. The highest BCUT2D eigenvalue weighted by molar-refractivity contribution is 4.75. The second kappa shape index (κ2) is 7.49. The highest BCUT2D eigenvalue weighted by atomic mass is 15.4. The molecule has 2 aliphatic rings. The number of quaternary nitrogens is 1. The quantitative estimate of drug-likeness (QED) is 0.517. The third kappa shape index (κ3) is 4.24. The number of likely N-dealkylation sites (tertiary alicyclic amines) is 1. The molecule has 2 saturated heterocycles. The second-order valence-corrected chi connectivity index (χ2v) is 6.61. The van der Waals surface area contributed by atoms with Gasteiger partial charge in [0.2, 0.25) is 0 Å². The van der Waals surface area contributed by atoms with Gasteiger partial charge >= 0.3 is 0 Å². The minimum absolute atomic E-state index is 0.832. The fourth-order valence-electron chi connectivity index (χ4n) is 3.93. The Bertz CT molecular complexity index is 215. The zero-order chi connectivity index (χ0) is 12.7. The van der Waals surface area contributed by atoms with Crippen LogP contribution < -0.4 is 5.32 Å². The molecule has 2 fully saturated rings. The summed E-state index contributed by atoms with van der Waals surface area (Å²) in [7, 11) is 0. The maximum atomic E-state index is 3.70. The van der Waals surface area contributed by atoms with Crippen molar-refractivity contribution in [2.75, 3.05) is 32.7 Å². The van der Waals surface area contributed by atoms with E-state index in [1.165, 1.54) is 95.0 Å². The molecule has 0 unspecified atom stereocenters. The van der Waals surface area contributed by atoms with Gasteiger partial charge < -0.3 is 9.80 Å². The SMILES string of the molecule is CCCCCCC[N+]1(C[C@@H]2CCCN2)CCCC1. The summed E-state index contributed by atoms with van der Waals surface area (Å²) in [5, 5.41) is 3.70. The summed E-state index contributed by atoms with van der Waals surface area (Å²) in [5.41, 5.74) is 0. The molecule has 2 nitrogen and oxygen atoms in total. The Balaban J connectivity index is 1.71. The van der Waals surface area contributed by atoms with Crippen molar-refractivity contribution in [1.82, 2.24) is 5.32 Å². The van der Waals surface area contributed by atoms with E-state index >= 15 is 0 Å². The molecule has 1 N–H and O–H groups in total. The van der Waals surface area contributed by atoms with Gasteiger partial charge in [-0.3, -0.25) is 0 Å². The van der Waals surface area contributed by atoms with Gasteiger partial charge in [-0.1, -0.05) is 26.2 Å². The minimum atomic E-state index is 0.832. The Labute approximate surface area is 114 Å². The van der Waals surface area contributed by atoms with E-state index < -0.39 is 0 Å². The summed E-state index contributed by atoms with van der Waals surface area (Å²) in [4.78, 5) is 0. The molecule has 2 heterocycles. The molecule has 0 saturated carbocycles. The van der Waals surface area contributed by atoms with Gasteiger partial charge in [0.25, 0.3) is 0 Å². The molecule has 0 aromatic carbocycles. The summed E-state index contributed by atoms with van der Waals surface area (Å²) < 4.78 is 1.45. The van der Waals surface area contributed by atoms with Crippen LogP contribution in [0.4, 0.5) is 0 Å². The normalized spacial score (nSPS) is 26.8. The van der Waals surface area contributed by atoms with E-state index in [0.717, 1.165) is 6.04 Å². The molecule has 0 aliphatic carbocycles. The average molecular weight is 253 g/mol. The van der Waals surface area contributed by atoms with Gasteiger partial charge in [0, 0.05) is 12.8 Å². The van der Waals surface area contributed by atoms with Crippen LogP contribution in [-0.4, -0.2) is 43.2 Å². The molecule has 2 rings (SSSR count). The molecule has 0 aromatic rings. The molecule has 0 radical (unpaired) electrons. The lowest BCUT2D eigenvalue weighted by atomic mass is 10.1. The van der Waals surface area contributed by atoms with E-state index in [2.05, 4.69) is 12.2 Å². The van der Waals surface area contributed by atoms with Gasteiger partial charge in [-0.25, -0.2) is 0 Å². The van der Waals surface area contributed by atoms with E-state index in [1.807, 2.05) is 0 Å². The highest BCUT2D eigenvalue weighted by Gasteiger charge is 2.34. The summed E-state index contributed by atoms with van der Waals surface area (Å²) in [5.74, 6) is 0. The summed E-state index contributed by atoms with van der Waals surface area (Å²) in [6.45, 7) is 9.38. The van der Waals surface area contributed by atoms with Crippen molar-refractivity contribution in [3.05, 3.63) is 0 Å². The van der Waals surface area contributed by atoms with E-state index in [0.29, 0.717) is 0 Å². The Morgan fingerprint density at radius 1 is 1.00 bits per heavy atom. The van der Waals surface area contributed by atoms with Crippen molar-refractivity contribution < 1.29 is 4.48 Å². The number of unbranched alkanes of at least 4 members (excludes halogenated alkanes) is 4. The van der Waals surface area contributed by atoms with Crippen LogP contribution in [0.1, 0.15) is 64.7 Å². The first-order chi connectivity index (χ1) is 8.85. The molecule has 2 aliphatic heterocycles. The van der Waals surface area contributed by atoms with Crippen molar-refractivity contribution in [1.29, 1.82) is 0 Å². The van der Waals surface area contributed by atoms with E-state index in [9.17, 15) is 0 Å². The van der Waals surface area contributed by atoms with Crippen LogP contribution in [0, 0.1) is 0 Å². The standard InChI is InChI=1S/C16H33N2/c1-2-3-4-5-6-12-18(13-7-8-14-18)15-16-10-9-11-17-16/h16-17H,2-15H2,1H3/q+1/t16-/m0/s1. The summed E-state index contributed by atoms with van der Waals surface area (Å²) in [6.07, 6.45) is 13.0. The molecule has 0 spiro atoms. The topological polar surface area (TPSA) is 12.0 Å². The number of rotatable bonds is 8. The summed E-state index contributed by atoms with van der Waals surface area (Å²) >= 11 is 0. The number of nitrogens with one attached hydrogen (secondary N) is 1. The molecule has 0 aromatic heterocycles. The fraction of sp³-hybridized carbons (Fsp3) is 1.00. The van der Waals surface area contributed by atoms with Crippen LogP contribution in [0.5, 0.6) is 0 Å². The fourth-order valence-corrected chi connectivity index (χ4v) is 3.93. The summed E-state index contributed by atoms with van der Waals surface area (Å²) in [6, 6.07) is 0.832. The number of hydrogen-bond donors (Lipinski definition) is 1. The lowest BCUT2D eigenvalue weighted by molar-refractivity contribution is -0.918. The zero-order valence-electron chi connectivity index (χ0n) is 12.4. The van der Waals surface area contributed by atoms with Gasteiger partial charge in [-0.05, 0) is 32.2 Å². The number of hydrogen-bond acceptors (Lipinski definition) is 1. The zero-order valence-corrected chi connectivity index (χ0v) is 12.4. The molecule has 106 valence electrons. The van der Waals surface area contributed by atoms with Gasteiger partial charge in [0.15, 0.2) is 0 Å². The van der Waals surface area contributed by atoms with Crippen LogP contribution in [0.2, 0.25) is 0 Å². The van der Waals surface area contributed by atoms with Crippen molar-refractivity contribution in [3.8, 4) is 0 Å². The first-order valence-corrected chi connectivity index (χ1v) is 8.43. The van der Waals surface area contributed by atoms with Crippen LogP contribution in [0.25, 0.3) is 0 Å². The third-order valence-electron chi connectivity index (χ3n) is 5.02. The molecule has 0 bridgehead atoms. The van der Waals surface area contributed by atoms with Gasteiger partial charge in [0.05, 0.1) is 32.2 Å². The van der Waals surface area contributed by atoms with Crippen molar-refractivity contribution in [3.63, 3.8) is 0 Å². The van der Waals surface area contributed by atoms with Crippen molar-refractivity contribution in [2.45, 2.75) is 70.8 Å². The largest absolute Gasteiger partial charge is 0.322 e. The maximum Gasteiger partial charge on any atom is 0.0942 e. The van der Waals surface area contributed by atoms with Crippen molar-refractivity contribution in [2.24, 2.45) is 0 Å². The van der Waals surface area contributed by atoms with E-state index in [1.54, 1.807) is 0 Å². The number of nitrogens with zero attached hydrogens (tertiary/aromatic N) is 1. The van der Waals surface area contributed by atoms with Gasteiger partial charge in [-0.2, -0.15) is 0 Å². The Hall–Kier alpha value is -0.0800. The Morgan fingerprint density at radius 2 is 1.78 bits per heavy atom. The van der Waals surface area contributed by atoms with E-state index in [4.69, 9.17) is 0 Å². The van der Waals surface area contributed by atoms with Gasteiger partial charge in [-0.15, -0.1) is 0 Å². The lowest BCUT2D eigenvalue weighted by Gasteiger charge is -2.36. The molecule has 2 heteroatoms. The van der Waals surface area contributed by atoms with Crippen LogP contribution in [0.15, 0.2) is 0 Å². The molecule has 1 atom stereocenters. The van der Waals surface area contributed by atoms with Crippen LogP contribution >= 0.6 is 0 Å². The predicted octanol–water partition coefficient (Wildman–Crippen LogP) is 3.32. The second-order valence-electron chi connectivity index (χ2n) is 6.61. The van der Waals surface area contributed by atoms with E-state index in [-0.39, 0.29) is 0 Å². The smallest absolute Gasteiger partial charge is 0.0942 e. The van der Waals surface area contributed by atoms with Crippen LogP contribution in [-0.2, 0) is 0 Å². The van der Waals surface area contributed by atoms with Crippen LogP contribution in [0.3, 0.4) is 0 Å².